The van der Waals surface area contributed by atoms with Crippen molar-refractivity contribution in [3.8, 4) is 0 Å². The average Bonchev–Trinajstić information content (AvgIpc) is 4.13. The Morgan fingerprint density at radius 1 is 0.434 bits per heavy atom. The van der Waals surface area contributed by atoms with Crippen LogP contribution >= 0.6 is 0 Å². The summed E-state index contributed by atoms with van der Waals surface area (Å²) in [6, 6.07) is 28.1. The Morgan fingerprint density at radius 2 is 0.750 bits per heavy atom. The van der Waals surface area contributed by atoms with Crippen molar-refractivity contribution in [3.05, 3.63) is 108 Å². The molecule has 6 amide bonds. The van der Waals surface area contributed by atoms with E-state index in [-0.39, 0.29) is 94.9 Å². The number of hydrogen-bond donors (Lipinski definition) is 7. The van der Waals surface area contributed by atoms with Gasteiger partial charge >= 0.3 is 0 Å². The molecule has 0 radical (unpaired) electrons. The second kappa shape index (κ2) is 22.7. The van der Waals surface area contributed by atoms with Crippen LogP contribution in [0, 0.1) is 34.0 Å². The molecule has 3 aromatic rings. The topological polar surface area (TPSA) is 224 Å². The van der Waals surface area contributed by atoms with Gasteiger partial charge in [0.05, 0.1) is 18.1 Å². The number of carbonyl (C=O) groups is 6. The predicted octanol–water partition coefficient (Wildman–Crippen LogP) is 3.31. The molecule has 3 saturated heterocycles. The van der Waals surface area contributed by atoms with Crippen molar-refractivity contribution in [3.63, 3.8) is 0 Å². The van der Waals surface area contributed by atoms with Crippen LogP contribution in [0.4, 0.5) is 0 Å². The van der Waals surface area contributed by atoms with Crippen LogP contribution in [0.15, 0.2) is 91.0 Å². The molecule has 9 N–H and O–H groups in total. The quantitative estimate of drug-likeness (QED) is 0.0875. The van der Waals surface area contributed by atoms with Crippen LogP contribution in [0.1, 0.15) is 96.8 Å². The third-order valence-electron chi connectivity index (χ3n) is 19.2. The van der Waals surface area contributed by atoms with Gasteiger partial charge in [0.25, 0.3) is 0 Å². The van der Waals surface area contributed by atoms with Gasteiger partial charge in [0.1, 0.15) is 0 Å². The summed E-state index contributed by atoms with van der Waals surface area (Å²) in [5.74, 6) is -1.53. The zero-order chi connectivity index (χ0) is 54.1. The minimum atomic E-state index is -0.528. The molecule has 6 aliphatic rings. The highest BCUT2D eigenvalue weighted by Crippen LogP contribution is 2.48. The van der Waals surface area contributed by atoms with Crippen molar-refractivity contribution in [1.82, 2.24) is 41.3 Å². The molecule has 12 atom stereocenters. The Morgan fingerprint density at radius 3 is 1.05 bits per heavy atom. The Balaban J connectivity index is 0.782. The zero-order valence-electron chi connectivity index (χ0n) is 45.6. The van der Waals surface area contributed by atoms with Gasteiger partial charge < -0.3 is 38.1 Å². The Labute approximate surface area is 450 Å². The van der Waals surface area contributed by atoms with Gasteiger partial charge in [-0.3, -0.25) is 43.5 Å². The summed E-state index contributed by atoms with van der Waals surface area (Å²) in [5.41, 5.74) is 14.3. The number of nitrogens with zero attached hydrogens (tertiary/aromatic N) is 3. The summed E-state index contributed by atoms with van der Waals surface area (Å²) < 4.78 is 0. The van der Waals surface area contributed by atoms with Crippen molar-refractivity contribution in [1.29, 1.82) is 0 Å². The van der Waals surface area contributed by atoms with Gasteiger partial charge in [-0.1, -0.05) is 133 Å². The number of rotatable bonds is 20. The molecule has 0 spiro atoms. The molecular weight excluding hydrogens is 957 g/mol. The molecule has 6 fully saturated rings. The number of carbonyl (C=O) groups excluding carboxylic acids is 6. The van der Waals surface area contributed by atoms with E-state index >= 15 is 0 Å². The zero-order valence-corrected chi connectivity index (χ0v) is 45.6. The lowest BCUT2D eigenvalue weighted by Gasteiger charge is -2.51. The van der Waals surface area contributed by atoms with E-state index in [1.165, 1.54) is 11.1 Å². The Hall–Kier alpha value is -5.68. The smallest absolute Gasteiger partial charge is 0.237 e. The van der Waals surface area contributed by atoms with Gasteiger partial charge in [0.2, 0.25) is 35.4 Å². The van der Waals surface area contributed by atoms with Crippen molar-refractivity contribution >= 4 is 35.4 Å². The highest BCUT2D eigenvalue weighted by molar-refractivity contribution is 5.87. The lowest BCUT2D eigenvalue weighted by molar-refractivity contribution is -0.142. The molecule has 1 unspecified atom stereocenters. The van der Waals surface area contributed by atoms with E-state index in [0.717, 1.165) is 24.8 Å². The van der Waals surface area contributed by atoms with E-state index < -0.39 is 29.0 Å². The van der Waals surface area contributed by atoms with Crippen LogP contribution in [0.5, 0.6) is 0 Å². The molecule has 76 heavy (non-hydrogen) atoms. The average molecular weight is 1040 g/mol. The van der Waals surface area contributed by atoms with Crippen LogP contribution in [0.25, 0.3) is 0 Å². The van der Waals surface area contributed by atoms with Crippen LogP contribution in [0.2, 0.25) is 0 Å². The second-order valence-electron chi connectivity index (χ2n) is 25.0. The third kappa shape index (κ3) is 11.9. The molecule has 16 nitrogen and oxygen atoms in total. The molecule has 3 aromatic carbocycles. The first-order chi connectivity index (χ1) is 36.2. The molecule has 0 bridgehead atoms. The first kappa shape index (κ1) is 55.1. The van der Waals surface area contributed by atoms with Crippen LogP contribution in [-0.2, 0) is 48.0 Å². The van der Waals surface area contributed by atoms with Gasteiger partial charge in [-0.05, 0) is 90.7 Å². The lowest BCUT2D eigenvalue weighted by atomic mass is 9.58. The number of likely N-dealkylation sites (tertiary alicyclic amines) is 3. The van der Waals surface area contributed by atoms with Gasteiger partial charge in [0.15, 0.2) is 0 Å². The van der Waals surface area contributed by atoms with Crippen LogP contribution in [0.3, 0.4) is 0 Å². The fraction of sp³-hybridized carbons (Fsp3) is 0.600. The summed E-state index contributed by atoms with van der Waals surface area (Å²) >= 11 is 0. The molecule has 0 aromatic heterocycles. The molecule has 3 heterocycles. The largest absolute Gasteiger partial charge is 0.368 e. The second-order valence-corrected chi connectivity index (χ2v) is 25.0. The molecule has 9 rings (SSSR count). The standard InChI is InChI=1S/C60H84N10O6/c1-58(2)43(31-49(58)61)53(72)64-41-29-47(69(35-41)26-23-38-18-12-8-13-19-38)56(75)67-51-33-45(60(51,5)6)55(74)65-42-30-48(70(36-42)27-24-39-20-14-9-15-21-39)57(76)66-50-32-44(59(50,3)4)54(73)63-40-28-46(52(62)71)68(34-40)25-22-37-16-10-7-11-17-37/h7-21,40-51H,22-36,61H2,1-6H3,(H2,62,71)(H,63,73)(H,64,72)(H,65,74)(H,66,76)(H,67,75)/t40-,41-,42-,43+,44+,45+,46-,47-,48-,49+,50?,51+/m0/s1. The number of primary amides is 1. The summed E-state index contributed by atoms with van der Waals surface area (Å²) in [5, 5.41) is 16.5. The summed E-state index contributed by atoms with van der Waals surface area (Å²) in [6.07, 6.45) is 5.36. The predicted molar refractivity (Wildman–Crippen MR) is 293 cm³/mol. The first-order valence-corrected chi connectivity index (χ1v) is 28.1. The minimum Gasteiger partial charge on any atom is -0.368 e. The number of amides is 6. The third-order valence-corrected chi connectivity index (χ3v) is 19.2. The SMILES string of the molecule is CC1(C)C(NC(=O)[C@@H]2C[C@H](NC(=O)[C@H]3C[C@@H](NC(=O)[C@@H]4C[C@H](NC(=O)[C@H]5C[C@@H](N)C5(C)C)CN4CCc4ccccc4)C3(C)C)CN2CCc2ccccc2)C[C@@H]1C(=O)N[C@H]1C[C@@H](C(N)=O)N(CCc2ccccc2)C1. The van der Waals surface area contributed by atoms with Crippen molar-refractivity contribution in [2.75, 3.05) is 39.3 Å². The summed E-state index contributed by atoms with van der Waals surface area (Å²) in [7, 11) is 0. The van der Waals surface area contributed by atoms with Crippen molar-refractivity contribution < 1.29 is 28.8 Å². The fourth-order valence-electron chi connectivity index (χ4n) is 13.4. The first-order valence-electron chi connectivity index (χ1n) is 28.1. The lowest BCUT2D eigenvalue weighted by Crippen LogP contribution is -2.64. The maximum atomic E-state index is 14.4. The molecule has 410 valence electrons. The van der Waals surface area contributed by atoms with Crippen LogP contribution < -0.4 is 38.1 Å². The summed E-state index contributed by atoms with van der Waals surface area (Å²) in [4.78, 5) is 89.2. The number of nitrogens with one attached hydrogen (secondary N) is 5. The van der Waals surface area contributed by atoms with Gasteiger partial charge in [-0.25, -0.2) is 0 Å². The fourth-order valence-corrected chi connectivity index (χ4v) is 13.4. The number of hydrogen-bond acceptors (Lipinski definition) is 10. The van der Waals surface area contributed by atoms with Crippen molar-refractivity contribution in [2.24, 2.45) is 45.5 Å². The van der Waals surface area contributed by atoms with E-state index in [9.17, 15) is 28.8 Å². The van der Waals surface area contributed by atoms with E-state index in [1.54, 1.807) is 0 Å². The van der Waals surface area contributed by atoms with E-state index in [2.05, 4.69) is 77.7 Å². The molecular formula is C60H84N10O6. The van der Waals surface area contributed by atoms with E-state index in [1.807, 2.05) is 96.1 Å². The monoisotopic (exact) mass is 1040 g/mol. The van der Waals surface area contributed by atoms with E-state index in [0.29, 0.717) is 77.8 Å². The Kier molecular flexibility index (Phi) is 16.5. The summed E-state index contributed by atoms with van der Waals surface area (Å²) in [6.45, 7) is 15.8. The Bertz CT molecular complexity index is 2560. The minimum absolute atomic E-state index is 0.00528. The van der Waals surface area contributed by atoms with Crippen LogP contribution in [-0.4, -0.2) is 144 Å². The molecule has 3 aliphatic carbocycles. The number of nitrogens with two attached hydrogens (primary N) is 2. The maximum Gasteiger partial charge on any atom is 0.237 e. The van der Waals surface area contributed by atoms with Gasteiger partial charge in [0, 0.05) is 93.3 Å². The number of benzene rings is 3. The highest BCUT2D eigenvalue weighted by atomic mass is 16.2. The van der Waals surface area contributed by atoms with Gasteiger partial charge in [-0.15, -0.1) is 0 Å². The van der Waals surface area contributed by atoms with Crippen molar-refractivity contribution in [2.45, 2.75) is 154 Å². The molecule has 16 heteroatoms. The highest BCUT2D eigenvalue weighted by Gasteiger charge is 2.56. The van der Waals surface area contributed by atoms with Gasteiger partial charge in [-0.2, -0.15) is 0 Å². The molecule has 3 aliphatic heterocycles. The molecule has 3 saturated carbocycles. The maximum absolute atomic E-state index is 14.4. The normalized spacial score (nSPS) is 31.5. The van der Waals surface area contributed by atoms with E-state index in [4.69, 9.17) is 11.5 Å².